The molecule has 0 spiro atoms. The summed E-state index contributed by atoms with van der Waals surface area (Å²) < 4.78 is 6.19. The van der Waals surface area contributed by atoms with E-state index in [9.17, 15) is 0 Å². The van der Waals surface area contributed by atoms with E-state index >= 15 is 0 Å². The summed E-state index contributed by atoms with van der Waals surface area (Å²) in [6, 6.07) is 11.7. The van der Waals surface area contributed by atoms with Crippen molar-refractivity contribution in [2.45, 2.75) is 38.2 Å². The highest BCUT2D eigenvalue weighted by Gasteiger charge is 2.17. The van der Waals surface area contributed by atoms with Crippen LogP contribution in [0.4, 0.5) is 0 Å². The molecule has 2 aromatic carbocycles. The first-order chi connectivity index (χ1) is 10.3. The van der Waals surface area contributed by atoms with E-state index in [4.69, 9.17) is 15.7 Å². The Hall–Kier alpha value is -2.23. The van der Waals surface area contributed by atoms with Crippen molar-refractivity contribution in [3.8, 4) is 5.75 Å². The minimum Gasteiger partial charge on any atom is -0.490 e. The second-order valence-corrected chi connectivity index (χ2v) is 5.52. The van der Waals surface area contributed by atoms with Crippen LogP contribution in [0.2, 0.25) is 0 Å². The van der Waals surface area contributed by atoms with Crippen LogP contribution in [0.5, 0.6) is 5.75 Å². The summed E-state index contributed by atoms with van der Waals surface area (Å²) in [7, 11) is 0. The molecule has 0 radical (unpaired) electrons. The van der Waals surface area contributed by atoms with Crippen molar-refractivity contribution < 1.29 is 9.94 Å². The molecule has 110 valence electrons. The fourth-order valence-electron chi connectivity index (χ4n) is 3.01. The first-order valence-electron chi connectivity index (χ1n) is 7.46. The van der Waals surface area contributed by atoms with Gasteiger partial charge in [-0.2, -0.15) is 0 Å². The summed E-state index contributed by atoms with van der Waals surface area (Å²) >= 11 is 0. The van der Waals surface area contributed by atoms with E-state index in [0.29, 0.717) is 6.10 Å². The van der Waals surface area contributed by atoms with E-state index < -0.39 is 0 Å². The lowest BCUT2D eigenvalue weighted by Crippen LogP contribution is -2.20. The normalized spacial score (nSPS) is 17.0. The highest BCUT2D eigenvalue weighted by molar-refractivity contribution is 6.10. The van der Waals surface area contributed by atoms with E-state index in [2.05, 4.69) is 5.16 Å². The zero-order valence-corrected chi connectivity index (χ0v) is 12.0. The molecular weight excluding hydrogens is 264 g/mol. The molecule has 3 N–H and O–H groups in total. The molecule has 0 aliphatic heterocycles. The Kier molecular flexibility index (Phi) is 3.95. The first-order valence-corrected chi connectivity index (χ1v) is 7.46. The molecule has 2 aromatic rings. The van der Waals surface area contributed by atoms with Crippen molar-refractivity contribution in [1.82, 2.24) is 0 Å². The van der Waals surface area contributed by atoms with Gasteiger partial charge in [-0.05, 0) is 43.2 Å². The molecule has 0 amide bonds. The Morgan fingerprint density at radius 2 is 1.76 bits per heavy atom. The van der Waals surface area contributed by atoms with Gasteiger partial charge in [0.15, 0.2) is 5.84 Å². The van der Waals surface area contributed by atoms with Gasteiger partial charge in [-0.25, -0.2) is 0 Å². The molecule has 1 aliphatic rings. The molecule has 0 unspecified atom stereocenters. The maximum absolute atomic E-state index is 8.91. The van der Waals surface area contributed by atoms with Crippen LogP contribution in [-0.4, -0.2) is 17.1 Å². The molecule has 21 heavy (non-hydrogen) atoms. The highest BCUT2D eigenvalue weighted by Crippen LogP contribution is 2.31. The molecule has 4 heteroatoms. The SMILES string of the molecule is N/C(=N/O)c1ccc(OC2CCCCC2)c2ccccc12. The summed E-state index contributed by atoms with van der Waals surface area (Å²) in [5, 5.41) is 14.0. The molecular formula is C17H20N2O2. The maximum Gasteiger partial charge on any atom is 0.170 e. The quantitative estimate of drug-likeness (QED) is 0.391. The number of nitrogens with zero attached hydrogens (tertiary/aromatic N) is 1. The van der Waals surface area contributed by atoms with Gasteiger partial charge in [-0.3, -0.25) is 0 Å². The predicted molar refractivity (Wildman–Crippen MR) is 84.0 cm³/mol. The summed E-state index contributed by atoms with van der Waals surface area (Å²) in [6.07, 6.45) is 6.34. The Balaban J connectivity index is 2.00. The predicted octanol–water partition coefficient (Wildman–Crippen LogP) is 3.65. The minimum absolute atomic E-state index is 0.121. The summed E-state index contributed by atoms with van der Waals surface area (Å²) in [6.45, 7) is 0. The number of amidine groups is 1. The van der Waals surface area contributed by atoms with Crippen molar-refractivity contribution in [1.29, 1.82) is 0 Å². The second-order valence-electron chi connectivity index (χ2n) is 5.52. The zero-order chi connectivity index (χ0) is 14.7. The molecule has 1 saturated carbocycles. The van der Waals surface area contributed by atoms with E-state index in [1.165, 1.54) is 19.3 Å². The standard InChI is InChI=1S/C17H20N2O2/c18-17(19-20)15-10-11-16(14-9-5-4-8-13(14)15)21-12-6-2-1-3-7-12/h4-5,8-12,20H,1-3,6-7H2,(H2,18,19). The van der Waals surface area contributed by atoms with Gasteiger partial charge in [0.2, 0.25) is 0 Å². The van der Waals surface area contributed by atoms with Crippen molar-refractivity contribution in [2.24, 2.45) is 10.9 Å². The van der Waals surface area contributed by atoms with Gasteiger partial charge < -0.3 is 15.7 Å². The van der Waals surface area contributed by atoms with Gasteiger partial charge in [0.1, 0.15) is 5.75 Å². The smallest absolute Gasteiger partial charge is 0.170 e. The summed E-state index contributed by atoms with van der Waals surface area (Å²) in [4.78, 5) is 0. The van der Waals surface area contributed by atoms with E-state index in [-0.39, 0.29) is 5.84 Å². The van der Waals surface area contributed by atoms with Crippen LogP contribution in [0.1, 0.15) is 37.7 Å². The molecule has 0 saturated heterocycles. The van der Waals surface area contributed by atoms with Crippen LogP contribution in [0.15, 0.2) is 41.6 Å². The molecule has 4 nitrogen and oxygen atoms in total. The number of ether oxygens (including phenoxy) is 1. The summed E-state index contributed by atoms with van der Waals surface area (Å²) in [5.74, 6) is 1.00. The lowest BCUT2D eigenvalue weighted by molar-refractivity contribution is 0.157. The second kappa shape index (κ2) is 6.04. The summed E-state index contributed by atoms with van der Waals surface area (Å²) in [5.41, 5.74) is 6.48. The van der Waals surface area contributed by atoms with E-state index in [0.717, 1.165) is 34.9 Å². The molecule has 0 aromatic heterocycles. The Morgan fingerprint density at radius 1 is 1.05 bits per heavy atom. The monoisotopic (exact) mass is 284 g/mol. The average molecular weight is 284 g/mol. The fourth-order valence-corrected chi connectivity index (χ4v) is 3.01. The van der Waals surface area contributed by atoms with Gasteiger partial charge in [0.25, 0.3) is 0 Å². The van der Waals surface area contributed by atoms with Crippen molar-refractivity contribution in [3.63, 3.8) is 0 Å². The largest absolute Gasteiger partial charge is 0.490 e. The van der Waals surface area contributed by atoms with Gasteiger partial charge in [0, 0.05) is 10.9 Å². The van der Waals surface area contributed by atoms with Gasteiger partial charge in [0.05, 0.1) is 6.10 Å². The third-order valence-corrected chi connectivity index (χ3v) is 4.11. The van der Waals surface area contributed by atoms with Crippen LogP contribution in [0, 0.1) is 0 Å². The number of benzene rings is 2. The molecule has 0 bridgehead atoms. The average Bonchev–Trinajstić information content (AvgIpc) is 2.55. The van der Waals surface area contributed by atoms with Crippen LogP contribution in [0.25, 0.3) is 10.8 Å². The van der Waals surface area contributed by atoms with Crippen molar-refractivity contribution in [2.75, 3.05) is 0 Å². The zero-order valence-electron chi connectivity index (χ0n) is 12.0. The lowest BCUT2D eigenvalue weighted by Gasteiger charge is -2.24. The number of hydrogen-bond acceptors (Lipinski definition) is 3. The molecule has 0 atom stereocenters. The van der Waals surface area contributed by atoms with Crippen molar-refractivity contribution in [3.05, 3.63) is 42.0 Å². The van der Waals surface area contributed by atoms with Crippen LogP contribution >= 0.6 is 0 Å². The van der Waals surface area contributed by atoms with Gasteiger partial charge in [-0.1, -0.05) is 35.8 Å². The Bertz CT molecular complexity index is 661. The number of oxime groups is 1. The van der Waals surface area contributed by atoms with E-state index in [1.807, 2.05) is 36.4 Å². The Morgan fingerprint density at radius 3 is 2.48 bits per heavy atom. The molecule has 1 aliphatic carbocycles. The molecule has 1 fully saturated rings. The Labute approximate surface area is 124 Å². The highest BCUT2D eigenvalue weighted by atomic mass is 16.5. The van der Waals surface area contributed by atoms with Crippen LogP contribution < -0.4 is 10.5 Å². The number of rotatable bonds is 3. The van der Waals surface area contributed by atoms with Gasteiger partial charge in [-0.15, -0.1) is 0 Å². The van der Waals surface area contributed by atoms with E-state index in [1.54, 1.807) is 0 Å². The minimum atomic E-state index is 0.121. The third-order valence-electron chi connectivity index (χ3n) is 4.11. The van der Waals surface area contributed by atoms with Crippen LogP contribution in [0.3, 0.4) is 0 Å². The number of hydrogen-bond donors (Lipinski definition) is 2. The first kappa shape index (κ1) is 13.7. The number of fused-ring (bicyclic) bond motifs is 1. The molecule has 3 rings (SSSR count). The van der Waals surface area contributed by atoms with Crippen LogP contribution in [-0.2, 0) is 0 Å². The van der Waals surface area contributed by atoms with Crippen molar-refractivity contribution >= 4 is 16.6 Å². The lowest BCUT2D eigenvalue weighted by atomic mass is 9.97. The maximum atomic E-state index is 8.91. The third kappa shape index (κ3) is 2.79. The fraction of sp³-hybridized carbons (Fsp3) is 0.353. The van der Waals surface area contributed by atoms with Gasteiger partial charge >= 0.3 is 0 Å². The topological polar surface area (TPSA) is 67.8 Å². The molecule has 0 heterocycles. The number of nitrogens with two attached hydrogens (primary N) is 1.